The molecule has 0 unspecified atom stereocenters. The number of rotatable bonds is 8. The molecule has 6 nitrogen and oxygen atoms in total. The molecule has 0 fully saturated rings. The highest BCUT2D eigenvalue weighted by atomic mass is 32.1. The van der Waals surface area contributed by atoms with E-state index in [1.165, 1.54) is 11.3 Å². The lowest BCUT2D eigenvalue weighted by Crippen LogP contribution is -2.35. The summed E-state index contributed by atoms with van der Waals surface area (Å²) < 4.78 is 0. The van der Waals surface area contributed by atoms with Gasteiger partial charge in [-0.3, -0.25) is 4.79 Å². The van der Waals surface area contributed by atoms with Crippen molar-refractivity contribution in [1.29, 1.82) is 0 Å². The summed E-state index contributed by atoms with van der Waals surface area (Å²) in [6.07, 6.45) is 2.44. The number of unbranched alkanes of at least 4 members (excludes halogenated alkanes) is 2. The Balaban J connectivity index is 2.02. The highest BCUT2D eigenvalue weighted by molar-refractivity contribution is 7.09. The number of carbonyl (C=O) groups excluding carboxylic acids is 1. The molecule has 0 aromatic carbocycles. The largest absolute Gasteiger partial charge is 0.481 e. The second kappa shape index (κ2) is 8.47. The van der Waals surface area contributed by atoms with Gasteiger partial charge in [-0.05, 0) is 19.8 Å². The molecule has 0 saturated heterocycles. The summed E-state index contributed by atoms with van der Waals surface area (Å²) in [6, 6.07) is -0.203. The Hall–Kier alpha value is -1.63. The van der Waals surface area contributed by atoms with Crippen LogP contribution in [0.3, 0.4) is 0 Å². The third-order valence-corrected chi connectivity index (χ3v) is 3.54. The van der Waals surface area contributed by atoms with Crippen LogP contribution in [0.5, 0.6) is 0 Å². The number of hydrogen-bond acceptors (Lipinski definition) is 4. The van der Waals surface area contributed by atoms with E-state index in [2.05, 4.69) is 15.6 Å². The van der Waals surface area contributed by atoms with Crippen molar-refractivity contribution >= 4 is 23.3 Å². The molecule has 19 heavy (non-hydrogen) atoms. The number of nitrogens with one attached hydrogen (secondary N) is 2. The van der Waals surface area contributed by atoms with Crippen molar-refractivity contribution in [2.45, 2.75) is 39.2 Å². The first kappa shape index (κ1) is 15.4. The van der Waals surface area contributed by atoms with Gasteiger partial charge in [0, 0.05) is 17.8 Å². The first-order chi connectivity index (χ1) is 9.09. The summed E-state index contributed by atoms with van der Waals surface area (Å²) >= 11 is 1.52. The topological polar surface area (TPSA) is 91.3 Å². The Kier molecular flexibility index (Phi) is 6.88. The van der Waals surface area contributed by atoms with Crippen LogP contribution >= 0.6 is 11.3 Å². The van der Waals surface area contributed by atoms with Crippen molar-refractivity contribution in [1.82, 2.24) is 15.6 Å². The fraction of sp³-hybridized carbons (Fsp3) is 0.583. The van der Waals surface area contributed by atoms with Crippen molar-refractivity contribution in [3.05, 3.63) is 16.1 Å². The highest BCUT2D eigenvalue weighted by Crippen LogP contribution is 2.10. The summed E-state index contributed by atoms with van der Waals surface area (Å²) in [5.74, 6) is -0.773. The molecule has 1 heterocycles. The predicted octanol–water partition coefficient (Wildman–Crippen LogP) is 1.90. The van der Waals surface area contributed by atoms with Crippen molar-refractivity contribution < 1.29 is 14.7 Å². The van der Waals surface area contributed by atoms with Crippen molar-refractivity contribution in [3.63, 3.8) is 0 Å². The fourth-order valence-electron chi connectivity index (χ4n) is 1.50. The van der Waals surface area contributed by atoms with E-state index in [4.69, 9.17) is 5.11 Å². The number of aliphatic carboxylic acids is 1. The average molecular weight is 285 g/mol. The molecule has 0 spiro atoms. The maximum atomic E-state index is 11.5. The van der Waals surface area contributed by atoms with Crippen LogP contribution in [0.15, 0.2) is 5.51 Å². The molecule has 0 aliphatic carbocycles. The lowest BCUT2D eigenvalue weighted by atomic mass is 10.2. The number of carboxylic acid groups (broad SMARTS) is 1. The first-order valence-corrected chi connectivity index (χ1v) is 7.10. The second-order valence-corrected chi connectivity index (χ2v) is 5.11. The molecule has 0 aliphatic rings. The van der Waals surface area contributed by atoms with E-state index < -0.39 is 5.97 Å². The van der Waals surface area contributed by atoms with Crippen molar-refractivity contribution in [3.8, 4) is 0 Å². The molecule has 3 N–H and O–H groups in total. The number of amides is 2. The van der Waals surface area contributed by atoms with E-state index in [9.17, 15) is 9.59 Å². The van der Waals surface area contributed by atoms with E-state index in [1.54, 1.807) is 5.51 Å². The van der Waals surface area contributed by atoms with Crippen LogP contribution < -0.4 is 10.6 Å². The van der Waals surface area contributed by atoms with Gasteiger partial charge in [-0.1, -0.05) is 6.42 Å². The maximum Gasteiger partial charge on any atom is 0.315 e. The molecule has 0 radical (unpaired) electrons. The molecule has 0 aliphatic heterocycles. The Morgan fingerprint density at radius 1 is 1.32 bits per heavy atom. The molecule has 106 valence electrons. The fourth-order valence-corrected chi connectivity index (χ4v) is 2.22. The molecule has 1 aromatic rings. The van der Waals surface area contributed by atoms with Crippen LogP contribution in [-0.4, -0.2) is 28.6 Å². The lowest BCUT2D eigenvalue weighted by molar-refractivity contribution is -0.137. The van der Waals surface area contributed by atoms with Crippen molar-refractivity contribution in [2.75, 3.05) is 6.54 Å². The van der Waals surface area contributed by atoms with Gasteiger partial charge in [0.1, 0.15) is 0 Å². The predicted molar refractivity (Wildman–Crippen MR) is 73.2 cm³/mol. The first-order valence-electron chi connectivity index (χ1n) is 6.22. The minimum Gasteiger partial charge on any atom is -0.481 e. The lowest BCUT2D eigenvalue weighted by Gasteiger charge is -2.06. The number of hydrogen-bond donors (Lipinski definition) is 3. The molecule has 0 saturated carbocycles. The normalized spacial score (nSPS) is 10.2. The van der Waals surface area contributed by atoms with Crippen LogP contribution in [0.1, 0.15) is 36.3 Å². The third kappa shape index (κ3) is 6.76. The van der Waals surface area contributed by atoms with Crippen LogP contribution in [0, 0.1) is 6.92 Å². The minimum absolute atomic E-state index is 0.191. The van der Waals surface area contributed by atoms with Crippen LogP contribution in [0.4, 0.5) is 4.79 Å². The smallest absolute Gasteiger partial charge is 0.315 e. The molecular formula is C12H19N3O3S. The van der Waals surface area contributed by atoms with Gasteiger partial charge in [0.05, 0.1) is 17.7 Å². The molecule has 2 amide bonds. The number of urea groups is 1. The maximum absolute atomic E-state index is 11.5. The number of nitrogens with zero attached hydrogens (tertiary/aromatic N) is 1. The number of carbonyl (C=O) groups is 2. The summed E-state index contributed by atoms with van der Waals surface area (Å²) in [7, 11) is 0. The van der Waals surface area contributed by atoms with Crippen LogP contribution in [0.2, 0.25) is 0 Å². The van der Waals surface area contributed by atoms with E-state index >= 15 is 0 Å². The van der Waals surface area contributed by atoms with Gasteiger partial charge in [-0.2, -0.15) is 0 Å². The van der Waals surface area contributed by atoms with Crippen molar-refractivity contribution in [2.24, 2.45) is 0 Å². The van der Waals surface area contributed by atoms with Gasteiger partial charge >= 0.3 is 12.0 Å². The Morgan fingerprint density at radius 2 is 2.11 bits per heavy atom. The Labute approximate surface area is 116 Å². The quantitative estimate of drug-likeness (QED) is 0.636. The Bertz CT molecular complexity index is 420. The van der Waals surface area contributed by atoms with Gasteiger partial charge in [0.15, 0.2) is 0 Å². The summed E-state index contributed by atoms with van der Waals surface area (Å²) in [4.78, 5) is 26.9. The zero-order valence-corrected chi connectivity index (χ0v) is 11.8. The van der Waals surface area contributed by atoms with Gasteiger partial charge in [0.25, 0.3) is 0 Å². The van der Waals surface area contributed by atoms with Gasteiger partial charge in [0.2, 0.25) is 0 Å². The molecule has 1 rings (SSSR count). The zero-order valence-electron chi connectivity index (χ0n) is 10.9. The monoisotopic (exact) mass is 285 g/mol. The van der Waals surface area contributed by atoms with E-state index in [0.717, 1.165) is 23.4 Å². The number of carboxylic acids is 1. The van der Waals surface area contributed by atoms with E-state index in [1.807, 2.05) is 6.92 Å². The molecule has 0 atom stereocenters. The van der Waals surface area contributed by atoms with Gasteiger partial charge in [-0.15, -0.1) is 11.3 Å². The van der Waals surface area contributed by atoms with E-state index in [-0.39, 0.29) is 12.5 Å². The number of aromatic nitrogens is 1. The standard InChI is InChI=1S/C12H19N3O3S/c1-9-10(19-8-15-9)7-14-12(18)13-6-4-2-3-5-11(16)17/h8H,2-7H2,1H3,(H,16,17)(H2,13,14,18). The zero-order chi connectivity index (χ0) is 14.1. The summed E-state index contributed by atoms with van der Waals surface area (Å²) in [5, 5.41) is 14.0. The number of aryl methyl sites for hydroxylation is 1. The molecule has 1 aromatic heterocycles. The number of thiazole rings is 1. The molecular weight excluding hydrogens is 266 g/mol. The van der Waals surface area contributed by atoms with E-state index in [0.29, 0.717) is 19.5 Å². The summed E-state index contributed by atoms with van der Waals surface area (Å²) in [5.41, 5.74) is 2.70. The highest BCUT2D eigenvalue weighted by Gasteiger charge is 2.04. The molecule has 0 bridgehead atoms. The minimum atomic E-state index is -0.773. The van der Waals surface area contributed by atoms with Crippen LogP contribution in [0.25, 0.3) is 0 Å². The third-order valence-electron chi connectivity index (χ3n) is 2.61. The van der Waals surface area contributed by atoms with Gasteiger partial charge < -0.3 is 15.7 Å². The Morgan fingerprint density at radius 3 is 2.74 bits per heavy atom. The van der Waals surface area contributed by atoms with Gasteiger partial charge in [-0.25, -0.2) is 9.78 Å². The SMILES string of the molecule is Cc1ncsc1CNC(=O)NCCCCCC(=O)O. The summed E-state index contributed by atoms with van der Waals surface area (Å²) in [6.45, 7) is 2.96. The molecule has 7 heteroatoms. The average Bonchev–Trinajstić information content (AvgIpc) is 2.76. The second-order valence-electron chi connectivity index (χ2n) is 4.17. The van der Waals surface area contributed by atoms with Crippen LogP contribution in [-0.2, 0) is 11.3 Å².